The SMILES string of the molecule is Cc1cc(Cl)ccc1-c1ccc(C(=O)O)cc1C. The van der Waals surface area contributed by atoms with Gasteiger partial charge in [0, 0.05) is 5.02 Å². The third kappa shape index (κ3) is 2.39. The van der Waals surface area contributed by atoms with Crippen LogP contribution in [0.5, 0.6) is 0 Å². The predicted octanol–water partition coefficient (Wildman–Crippen LogP) is 4.32. The van der Waals surface area contributed by atoms with E-state index in [9.17, 15) is 4.79 Å². The van der Waals surface area contributed by atoms with E-state index in [0.717, 1.165) is 22.3 Å². The number of halogens is 1. The van der Waals surface area contributed by atoms with Crippen molar-refractivity contribution in [2.45, 2.75) is 13.8 Å². The molecule has 3 heteroatoms. The molecule has 18 heavy (non-hydrogen) atoms. The molecule has 0 aliphatic carbocycles. The molecule has 0 spiro atoms. The maximum atomic E-state index is 10.9. The van der Waals surface area contributed by atoms with E-state index >= 15 is 0 Å². The van der Waals surface area contributed by atoms with E-state index in [4.69, 9.17) is 16.7 Å². The van der Waals surface area contributed by atoms with E-state index in [-0.39, 0.29) is 0 Å². The van der Waals surface area contributed by atoms with Gasteiger partial charge in [-0.25, -0.2) is 4.79 Å². The fourth-order valence-corrected chi connectivity index (χ4v) is 2.25. The average Bonchev–Trinajstić information content (AvgIpc) is 2.30. The standard InChI is InChI=1S/C15H13ClO2/c1-9-7-11(15(17)18)3-5-13(9)14-6-4-12(16)8-10(14)2/h3-8H,1-2H3,(H,17,18). The summed E-state index contributed by atoms with van der Waals surface area (Å²) >= 11 is 5.93. The van der Waals surface area contributed by atoms with Gasteiger partial charge in [-0.05, 0) is 60.4 Å². The molecule has 2 aromatic rings. The fraction of sp³-hybridized carbons (Fsp3) is 0.133. The number of hydrogen-bond acceptors (Lipinski definition) is 1. The van der Waals surface area contributed by atoms with Gasteiger partial charge in [0.05, 0.1) is 5.56 Å². The second-order valence-electron chi connectivity index (χ2n) is 4.29. The molecule has 0 bridgehead atoms. The first-order valence-corrected chi connectivity index (χ1v) is 5.97. The molecule has 2 rings (SSSR count). The Bertz CT molecular complexity index is 618. The van der Waals surface area contributed by atoms with Gasteiger partial charge in [-0.15, -0.1) is 0 Å². The third-order valence-electron chi connectivity index (χ3n) is 2.95. The number of carbonyl (C=O) groups is 1. The fourth-order valence-electron chi connectivity index (χ4n) is 2.03. The molecule has 0 unspecified atom stereocenters. The largest absolute Gasteiger partial charge is 0.478 e. The summed E-state index contributed by atoms with van der Waals surface area (Å²) in [6.07, 6.45) is 0. The van der Waals surface area contributed by atoms with Crippen molar-refractivity contribution in [3.8, 4) is 11.1 Å². The van der Waals surface area contributed by atoms with Crippen molar-refractivity contribution >= 4 is 17.6 Å². The lowest BCUT2D eigenvalue weighted by atomic mass is 9.95. The molecule has 92 valence electrons. The van der Waals surface area contributed by atoms with Crippen LogP contribution in [-0.4, -0.2) is 11.1 Å². The highest BCUT2D eigenvalue weighted by molar-refractivity contribution is 6.30. The lowest BCUT2D eigenvalue weighted by molar-refractivity contribution is 0.0697. The van der Waals surface area contributed by atoms with Gasteiger partial charge in [0.15, 0.2) is 0 Å². The summed E-state index contributed by atoms with van der Waals surface area (Å²) < 4.78 is 0. The van der Waals surface area contributed by atoms with Gasteiger partial charge in [0.2, 0.25) is 0 Å². The van der Waals surface area contributed by atoms with E-state index in [1.165, 1.54) is 0 Å². The highest BCUT2D eigenvalue weighted by Gasteiger charge is 2.09. The van der Waals surface area contributed by atoms with Crippen LogP contribution in [0.25, 0.3) is 11.1 Å². The number of carboxylic acids is 1. The van der Waals surface area contributed by atoms with Crippen LogP contribution < -0.4 is 0 Å². The van der Waals surface area contributed by atoms with Crippen molar-refractivity contribution < 1.29 is 9.90 Å². The second-order valence-corrected chi connectivity index (χ2v) is 4.73. The number of benzene rings is 2. The Balaban J connectivity index is 2.54. The molecule has 0 aromatic heterocycles. The first-order chi connectivity index (χ1) is 8.49. The van der Waals surface area contributed by atoms with Crippen LogP contribution in [0.15, 0.2) is 36.4 Å². The summed E-state index contributed by atoms with van der Waals surface area (Å²) in [6.45, 7) is 3.90. The molecule has 0 atom stereocenters. The van der Waals surface area contributed by atoms with Gasteiger partial charge < -0.3 is 5.11 Å². The minimum absolute atomic E-state index is 0.308. The lowest BCUT2D eigenvalue weighted by Crippen LogP contribution is -1.97. The molecular weight excluding hydrogens is 248 g/mol. The molecule has 0 saturated carbocycles. The van der Waals surface area contributed by atoms with E-state index < -0.39 is 5.97 Å². The van der Waals surface area contributed by atoms with Gasteiger partial charge in [-0.3, -0.25) is 0 Å². The van der Waals surface area contributed by atoms with Crippen LogP contribution >= 0.6 is 11.6 Å². The van der Waals surface area contributed by atoms with Crippen molar-refractivity contribution in [1.82, 2.24) is 0 Å². The molecule has 2 nitrogen and oxygen atoms in total. The number of rotatable bonds is 2. The number of hydrogen-bond donors (Lipinski definition) is 1. The summed E-state index contributed by atoms with van der Waals surface area (Å²) in [4.78, 5) is 10.9. The van der Waals surface area contributed by atoms with Crippen LogP contribution in [0.3, 0.4) is 0 Å². The molecule has 0 fully saturated rings. The molecule has 0 saturated heterocycles. The minimum atomic E-state index is -0.905. The number of aromatic carboxylic acids is 1. The molecular formula is C15H13ClO2. The molecule has 1 N–H and O–H groups in total. The van der Waals surface area contributed by atoms with Crippen molar-refractivity contribution in [1.29, 1.82) is 0 Å². The zero-order valence-electron chi connectivity index (χ0n) is 10.2. The van der Waals surface area contributed by atoms with Gasteiger partial charge >= 0.3 is 5.97 Å². The minimum Gasteiger partial charge on any atom is -0.478 e. The van der Waals surface area contributed by atoms with Crippen LogP contribution in [0.2, 0.25) is 5.02 Å². The summed E-state index contributed by atoms with van der Waals surface area (Å²) in [6, 6.07) is 10.9. The van der Waals surface area contributed by atoms with Crippen molar-refractivity contribution in [2.75, 3.05) is 0 Å². The molecule has 0 amide bonds. The normalized spacial score (nSPS) is 10.4. The summed E-state index contributed by atoms with van der Waals surface area (Å²) in [5.41, 5.74) is 4.44. The Labute approximate surface area is 111 Å². The Morgan fingerprint density at radius 3 is 2.06 bits per heavy atom. The maximum absolute atomic E-state index is 10.9. The first kappa shape index (κ1) is 12.7. The van der Waals surface area contributed by atoms with Crippen molar-refractivity contribution in [2.24, 2.45) is 0 Å². The van der Waals surface area contributed by atoms with Gasteiger partial charge in [-0.2, -0.15) is 0 Å². The predicted molar refractivity (Wildman–Crippen MR) is 73.3 cm³/mol. The Kier molecular flexibility index (Phi) is 3.39. The van der Waals surface area contributed by atoms with Crippen molar-refractivity contribution in [3.63, 3.8) is 0 Å². The maximum Gasteiger partial charge on any atom is 0.335 e. The smallest absolute Gasteiger partial charge is 0.335 e. The van der Waals surface area contributed by atoms with Gasteiger partial charge in [0.1, 0.15) is 0 Å². The zero-order valence-corrected chi connectivity index (χ0v) is 11.0. The Morgan fingerprint density at radius 1 is 1.00 bits per heavy atom. The quantitative estimate of drug-likeness (QED) is 0.873. The highest BCUT2D eigenvalue weighted by atomic mass is 35.5. The Morgan fingerprint density at radius 2 is 1.56 bits per heavy atom. The topological polar surface area (TPSA) is 37.3 Å². The van der Waals surface area contributed by atoms with Crippen LogP contribution in [0.1, 0.15) is 21.5 Å². The van der Waals surface area contributed by atoms with Crippen LogP contribution in [0, 0.1) is 13.8 Å². The van der Waals surface area contributed by atoms with E-state index in [0.29, 0.717) is 10.6 Å². The first-order valence-electron chi connectivity index (χ1n) is 5.59. The molecule has 0 heterocycles. The number of carboxylic acid groups (broad SMARTS) is 1. The Hall–Kier alpha value is -1.80. The van der Waals surface area contributed by atoms with Gasteiger partial charge in [-0.1, -0.05) is 23.7 Å². The van der Waals surface area contributed by atoms with E-state index in [1.807, 2.05) is 38.1 Å². The molecule has 0 radical (unpaired) electrons. The molecule has 0 aliphatic heterocycles. The highest BCUT2D eigenvalue weighted by Crippen LogP contribution is 2.29. The number of aryl methyl sites for hydroxylation is 2. The molecule has 2 aromatic carbocycles. The van der Waals surface area contributed by atoms with E-state index in [1.54, 1.807) is 12.1 Å². The average molecular weight is 261 g/mol. The van der Waals surface area contributed by atoms with E-state index in [2.05, 4.69) is 0 Å². The van der Waals surface area contributed by atoms with Crippen LogP contribution in [-0.2, 0) is 0 Å². The van der Waals surface area contributed by atoms with Gasteiger partial charge in [0.25, 0.3) is 0 Å². The van der Waals surface area contributed by atoms with Crippen LogP contribution in [0.4, 0.5) is 0 Å². The third-order valence-corrected chi connectivity index (χ3v) is 3.19. The lowest BCUT2D eigenvalue weighted by Gasteiger charge is -2.10. The summed E-state index contributed by atoms with van der Waals surface area (Å²) in [5.74, 6) is -0.905. The summed E-state index contributed by atoms with van der Waals surface area (Å²) in [7, 11) is 0. The monoisotopic (exact) mass is 260 g/mol. The zero-order chi connectivity index (χ0) is 13.3. The summed E-state index contributed by atoms with van der Waals surface area (Å²) in [5, 5.41) is 9.65. The second kappa shape index (κ2) is 4.83. The molecule has 0 aliphatic rings. The van der Waals surface area contributed by atoms with Crippen molar-refractivity contribution in [3.05, 3.63) is 58.1 Å².